The Morgan fingerprint density at radius 1 is 0.842 bits per heavy atom. The van der Waals surface area contributed by atoms with E-state index in [2.05, 4.69) is 0 Å². The number of hydrogen-bond acceptors (Lipinski definition) is 6. The van der Waals surface area contributed by atoms with Gasteiger partial charge in [0.1, 0.15) is 12.2 Å². The summed E-state index contributed by atoms with van der Waals surface area (Å²) in [7, 11) is 0. The predicted octanol–water partition coefficient (Wildman–Crippen LogP) is -0.575. The summed E-state index contributed by atoms with van der Waals surface area (Å²) in [6, 6.07) is 9.01. The molecule has 0 aliphatic rings. The van der Waals surface area contributed by atoms with Crippen LogP contribution in [0, 0.1) is 0 Å². The van der Waals surface area contributed by atoms with E-state index < -0.39 is 31.7 Å². The molecule has 0 amide bonds. The maximum atomic E-state index is 9.26. The molecule has 1 rings (SSSR count). The van der Waals surface area contributed by atoms with Crippen LogP contribution in [0.4, 0.5) is 0 Å². The zero-order chi connectivity index (χ0) is 14.1. The maximum absolute atomic E-state index is 9.26. The third-order valence-electron chi connectivity index (χ3n) is 2.37. The van der Waals surface area contributed by atoms with Crippen LogP contribution < -0.4 is 0 Å². The highest BCUT2D eigenvalue weighted by molar-refractivity contribution is 5.15. The SMILES string of the molecule is OCC(O)COC(OCC(O)CO)c1ccccc1. The van der Waals surface area contributed by atoms with Gasteiger partial charge in [-0.1, -0.05) is 30.3 Å². The Balaban J connectivity index is 2.57. The van der Waals surface area contributed by atoms with Gasteiger partial charge in [0.15, 0.2) is 6.29 Å². The van der Waals surface area contributed by atoms with E-state index in [0.717, 1.165) is 5.56 Å². The molecule has 0 bridgehead atoms. The first-order valence-corrected chi connectivity index (χ1v) is 6.03. The molecular formula is C13H20O6. The Bertz CT molecular complexity index is 317. The monoisotopic (exact) mass is 272 g/mol. The van der Waals surface area contributed by atoms with Gasteiger partial charge in [0.25, 0.3) is 0 Å². The van der Waals surface area contributed by atoms with Gasteiger partial charge in [-0.2, -0.15) is 0 Å². The highest BCUT2D eigenvalue weighted by Crippen LogP contribution is 2.19. The number of rotatable bonds is 9. The zero-order valence-electron chi connectivity index (χ0n) is 10.6. The molecule has 2 unspecified atom stereocenters. The number of hydrogen-bond donors (Lipinski definition) is 4. The summed E-state index contributed by atoms with van der Waals surface area (Å²) in [5.41, 5.74) is 0.720. The molecule has 0 radical (unpaired) electrons. The van der Waals surface area contributed by atoms with Gasteiger partial charge >= 0.3 is 0 Å². The number of aliphatic hydroxyl groups is 4. The maximum Gasteiger partial charge on any atom is 0.184 e. The van der Waals surface area contributed by atoms with Gasteiger partial charge in [-0.3, -0.25) is 0 Å². The molecule has 4 N–H and O–H groups in total. The van der Waals surface area contributed by atoms with Crippen molar-refractivity contribution in [3.8, 4) is 0 Å². The summed E-state index contributed by atoms with van der Waals surface area (Å²) < 4.78 is 10.7. The van der Waals surface area contributed by atoms with Crippen LogP contribution in [-0.4, -0.2) is 59.1 Å². The molecule has 6 heteroatoms. The lowest BCUT2D eigenvalue weighted by Crippen LogP contribution is -2.25. The Labute approximate surface area is 111 Å². The third-order valence-corrected chi connectivity index (χ3v) is 2.37. The second-order valence-corrected chi connectivity index (χ2v) is 4.08. The van der Waals surface area contributed by atoms with E-state index in [9.17, 15) is 10.2 Å². The van der Waals surface area contributed by atoms with Crippen molar-refractivity contribution in [2.24, 2.45) is 0 Å². The van der Waals surface area contributed by atoms with Crippen molar-refractivity contribution in [3.63, 3.8) is 0 Å². The number of aliphatic hydroxyl groups excluding tert-OH is 4. The van der Waals surface area contributed by atoms with Gasteiger partial charge < -0.3 is 29.9 Å². The lowest BCUT2D eigenvalue weighted by atomic mass is 10.2. The standard InChI is InChI=1S/C13H20O6/c14-6-11(16)8-18-13(19-9-12(17)7-15)10-4-2-1-3-5-10/h1-5,11-17H,6-9H2. The fourth-order valence-electron chi connectivity index (χ4n) is 1.35. The zero-order valence-corrected chi connectivity index (χ0v) is 10.6. The fourth-order valence-corrected chi connectivity index (χ4v) is 1.35. The van der Waals surface area contributed by atoms with Gasteiger partial charge in [0.2, 0.25) is 0 Å². The summed E-state index contributed by atoms with van der Waals surface area (Å²) in [4.78, 5) is 0. The third kappa shape index (κ3) is 6.11. The molecule has 0 spiro atoms. The Morgan fingerprint density at radius 2 is 1.32 bits per heavy atom. The van der Waals surface area contributed by atoms with Crippen molar-refractivity contribution in [2.75, 3.05) is 26.4 Å². The lowest BCUT2D eigenvalue weighted by molar-refractivity contribution is -0.179. The summed E-state index contributed by atoms with van der Waals surface area (Å²) in [6.07, 6.45) is -2.75. The minimum Gasteiger partial charge on any atom is -0.394 e. The molecule has 108 valence electrons. The van der Waals surface area contributed by atoms with Crippen LogP contribution in [0.25, 0.3) is 0 Å². The van der Waals surface area contributed by atoms with Crippen LogP contribution in [0.5, 0.6) is 0 Å². The Kier molecular flexibility index (Phi) is 7.57. The van der Waals surface area contributed by atoms with Crippen LogP contribution in [0.1, 0.15) is 11.9 Å². The van der Waals surface area contributed by atoms with Crippen molar-refractivity contribution in [1.29, 1.82) is 0 Å². The molecule has 0 aliphatic carbocycles. The molecule has 0 fully saturated rings. The summed E-state index contributed by atoms with van der Waals surface area (Å²) in [6.45, 7) is -0.988. The molecule has 2 atom stereocenters. The quantitative estimate of drug-likeness (QED) is 0.449. The van der Waals surface area contributed by atoms with Crippen LogP contribution in [0.2, 0.25) is 0 Å². The van der Waals surface area contributed by atoms with Gasteiger partial charge in [-0.15, -0.1) is 0 Å². The predicted molar refractivity (Wildman–Crippen MR) is 67.3 cm³/mol. The summed E-state index contributed by atoms with van der Waals surface area (Å²) >= 11 is 0. The van der Waals surface area contributed by atoms with E-state index in [-0.39, 0.29) is 13.2 Å². The fraction of sp³-hybridized carbons (Fsp3) is 0.538. The second kappa shape index (κ2) is 8.98. The first-order chi connectivity index (χ1) is 9.17. The number of ether oxygens (including phenoxy) is 2. The van der Waals surface area contributed by atoms with Gasteiger partial charge in [0, 0.05) is 5.56 Å². The van der Waals surface area contributed by atoms with Gasteiger partial charge in [0.05, 0.1) is 26.4 Å². The minimum absolute atomic E-state index is 0.0920. The molecule has 19 heavy (non-hydrogen) atoms. The molecule has 1 aromatic rings. The molecule has 0 saturated carbocycles. The minimum atomic E-state index is -0.988. The van der Waals surface area contributed by atoms with Gasteiger partial charge in [-0.25, -0.2) is 0 Å². The highest BCUT2D eigenvalue weighted by atomic mass is 16.7. The van der Waals surface area contributed by atoms with Crippen molar-refractivity contribution in [1.82, 2.24) is 0 Å². The van der Waals surface area contributed by atoms with E-state index in [1.165, 1.54) is 0 Å². The molecule has 0 heterocycles. The van der Waals surface area contributed by atoms with E-state index >= 15 is 0 Å². The molecule has 6 nitrogen and oxygen atoms in total. The molecule has 1 aromatic carbocycles. The lowest BCUT2D eigenvalue weighted by Gasteiger charge is -2.21. The smallest absolute Gasteiger partial charge is 0.184 e. The van der Waals surface area contributed by atoms with Crippen LogP contribution in [0.3, 0.4) is 0 Å². The van der Waals surface area contributed by atoms with Crippen molar-refractivity contribution < 1.29 is 29.9 Å². The average molecular weight is 272 g/mol. The molecule has 0 aliphatic heterocycles. The summed E-state index contributed by atoms with van der Waals surface area (Å²) in [5.74, 6) is 0. The van der Waals surface area contributed by atoms with Gasteiger partial charge in [-0.05, 0) is 0 Å². The van der Waals surface area contributed by atoms with Crippen molar-refractivity contribution >= 4 is 0 Å². The van der Waals surface area contributed by atoms with E-state index in [4.69, 9.17) is 19.7 Å². The molecular weight excluding hydrogens is 252 g/mol. The van der Waals surface area contributed by atoms with Crippen molar-refractivity contribution in [2.45, 2.75) is 18.5 Å². The number of benzene rings is 1. The summed E-state index contributed by atoms with van der Waals surface area (Å²) in [5, 5.41) is 36.0. The highest BCUT2D eigenvalue weighted by Gasteiger charge is 2.16. The van der Waals surface area contributed by atoms with Crippen LogP contribution in [-0.2, 0) is 9.47 Å². The average Bonchev–Trinajstić information content (AvgIpc) is 2.47. The molecule has 0 aromatic heterocycles. The second-order valence-electron chi connectivity index (χ2n) is 4.08. The van der Waals surface area contributed by atoms with Crippen molar-refractivity contribution in [3.05, 3.63) is 35.9 Å². The normalized spacial score (nSPS) is 16.0. The van der Waals surface area contributed by atoms with E-state index in [1.807, 2.05) is 6.07 Å². The largest absolute Gasteiger partial charge is 0.394 e. The first-order valence-electron chi connectivity index (χ1n) is 6.03. The first kappa shape index (κ1) is 16.0. The topological polar surface area (TPSA) is 99.4 Å². The Hall–Kier alpha value is -1.02. The van der Waals surface area contributed by atoms with Crippen LogP contribution in [0.15, 0.2) is 30.3 Å². The van der Waals surface area contributed by atoms with Crippen LogP contribution >= 0.6 is 0 Å². The van der Waals surface area contributed by atoms with E-state index in [1.54, 1.807) is 24.3 Å². The van der Waals surface area contributed by atoms with E-state index in [0.29, 0.717) is 0 Å². The Morgan fingerprint density at radius 3 is 1.74 bits per heavy atom. The molecule has 0 saturated heterocycles.